The molecular formula is C33H39FN2O. The SMILES string of the molecule is O=C(c1cccc2ccccc12)N1CC(CN2CCC(c3ccc(F)cc3)CC2)C(C2CCCCC2)C1. The average Bonchev–Trinajstić information content (AvgIpc) is 3.37. The van der Waals surface area contributed by atoms with Gasteiger partial charge in [0.1, 0.15) is 5.82 Å². The van der Waals surface area contributed by atoms with E-state index in [-0.39, 0.29) is 11.7 Å². The first kappa shape index (κ1) is 24.6. The molecule has 6 rings (SSSR count). The molecule has 1 aliphatic carbocycles. The molecule has 2 heterocycles. The van der Waals surface area contributed by atoms with Crippen molar-refractivity contribution >= 4 is 16.7 Å². The molecule has 2 atom stereocenters. The Morgan fingerprint density at radius 1 is 0.811 bits per heavy atom. The van der Waals surface area contributed by atoms with Crippen LogP contribution >= 0.6 is 0 Å². The van der Waals surface area contributed by atoms with E-state index in [9.17, 15) is 9.18 Å². The van der Waals surface area contributed by atoms with Crippen LogP contribution < -0.4 is 0 Å². The largest absolute Gasteiger partial charge is 0.338 e. The van der Waals surface area contributed by atoms with E-state index in [1.165, 1.54) is 37.7 Å². The van der Waals surface area contributed by atoms with Crippen molar-refractivity contribution in [2.75, 3.05) is 32.7 Å². The number of hydrogen-bond donors (Lipinski definition) is 0. The van der Waals surface area contributed by atoms with Crippen LogP contribution in [0.15, 0.2) is 66.7 Å². The van der Waals surface area contributed by atoms with Crippen LogP contribution in [0.5, 0.6) is 0 Å². The summed E-state index contributed by atoms with van der Waals surface area (Å²) in [5.41, 5.74) is 2.12. The van der Waals surface area contributed by atoms with Crippen LogP contribution in [-0.2, 0) is 0 Å². The number of rotatable bonds is 5. The number of amides is 1. The van der Waals surface area contributed by atoms with E-state index < -0.39 is 0 Å². The summed E-state index contributed by atoms with van der Waals surface area (Å²) in [4.78, 5) is 18.7. The van der Waals surface area contributed by atoms with E-state index in [2.05, 4.69) is 28.0 Å². The normalized spacial score (nSPS) is 24.1. The van der Waals surface area contributed by atoms with Crippen molar-refractivity contribution in [2.45, 2.75) is 50.9 Å². The van der Waals surface area contributed by atoms with Crippen molar-refractivity contribution in [3.05, 3.63) is 83.7 Å². The van der Waals surface area contributed by atoms with Crippen molar-refractivity contribution in [3.63, 3.8) is 0 Å². The number of carbonyl (C=O) groups is 1. The quantitative estimate of drug-likeness (QED) is 0.374. The Kier molecular flexibility index (Phi) is 7.28. The molecule has 2 unspecified atom stereocenters. The van der Waals surface area contributed by atoms with E-state index in [0.29, 0.717) is 17.8 Å². The van der Waals surface area contributed by atoms with Gasteiger partial charge in [0.15, 0.2) is 0 Å². The van der Waals surface area contributed by atoms with Crippen molar-refractivity contribution in [3.8, 4) is 0 Å². The minimum absolute atomic E-state index is 0.154. The summed E-state index contributed by atoms with van der Waals surface area (Å²) < 4.78 is 13.4. The lowest BCUT2D eigenvalue weighted by atomic mass is 9.75. The molecule has 1 amide bonds. The van der Waals surface area contributed by atoms with Gasteiger partial charge in [-0.1, -0.05) is 80.6 Å². The first-order valence-electron chi connectivity index (χ1n) is 14.4. The van der Waals surface area contributed by atoms with Crippen molar-refractivity contribution in [2.24, 2.45) is 17.8 Å². The highest BCUT2D eigenvalue weighted by atomic mass is 19.1. The van der Waals surface area contributed by atoms with Crippen LogP contribution in [0.2, 0.25) is 0 Å². The van der Waals surface area contributed by atoms with Crippen LogP contribution in [-0.4, -0.2) is 48.4 Å². The molecule has 0 radical (unpaired) electrons. The van der Waals surface area contributed by atoms with Crippen LogP contribution in [0, 0.1) is 23.6 Å². The summed E-state index contributed by atoms with van der Waals surface area (Å²) >= 11 is 0. The predicted molar refractivity (Wildman–Crippen MR) is 148 cm³/mol. The lowest BCUT2D eigenvalue weighted by Crippen LogP contribution is -2.40. The second-order valence-corrected chi connectivity index (χ2v) is 11.7. The van der Waals surface area contributed by atoms with E-state index in [0.717, 1.165) is 67.8 Å². The Hall–Kier alpha value is -2.72. The standard InChI is InChI=1S/C33H39FN2O/c34-29-15-13-24(14-16-29)25-17-19-35(20-18-25)21-28-22-36(23-32(28)27-7-2-1-3-8-27)33(37)31-12-6-10-26-9-4-5-11-30(26)31/h4-6,9-16,25,27-28,32H,1-3,7-8,17-23H2. The topological polar surface area (TPSA) is 23.6 Å². The molecule has 1 saturated carbocycles. The van der Waals surface area contributed by atoms with E-state index in [1.807, 2.05) is 36.4 Å². The Balaban J connectivity index is 1.16. The van der Waals surface area contributed by atoms with Crippen molar-refractivity contribution in [1.82, 2.24) is 9.80 Å². The molecule has 0 N–H and O–H groups in total. The second-order valence-electron chi connectivity index (χ2n) is 11.7. The summed E-state index contributed by atoms with van der Waals surface area (Å²) in [5, 5.41) is 2.20. The van der Waals surface area contributed by atoms with Crippen molar-refractivity contribution in [1.29, 1.82) is 0 Å². The van der Waals surface area contributed by atoms with E-state index in [1.54, 1.807) is 12.1 Å². The number of piperidine rings is 1. The maximum atomic E-state index is 13.8. The molecule has 4 heteroatoms. The van der Waals surface area contributed by atoms with Gasteiger partial charge in [0.2, 0.25) is 0 Å². The maximum Gasteiger partial charge on any atom is 0.254 e. The number of likely N-dealkylation sites (tertiary alicyclic amines) is 2. The molecule has 194 valence electrons. The highest BCUT2D eigenvalue weighted by Crippen LogP contribution is 2.40. The number of benzene rings is 3. The zero-order valence-corrected chi connectivity index (χ0v) is 21.8. The van der Waals surface area contributed by atoms with E-state index >= 15 is 0 Å². The smallest absolute Gasteiger partial charge is 0.254 e. The first-order chi connectivity index (χ1) is 18.2. The van der Waals surface area contributed by atoms with Gasteiger partial charge in [-0.3, -0.25) is 4.79 Å². The number of nitrogens with zero attached hydrogens (tertiary/aromatic N) is 2. The number of carbonyl (C=O) groups excluding carboxylic acids is 1. The molecule has 2 saturated heterocycles. The van der Waals surface area contributed by atoms with Gasteiger partial charge >= 0.3 is 0 Å². The van der Waals surface area contributed by atoms with Gasteiger partial charge < -0.3 is 9.80 Å². The van der Waals surface area contributed by atoms with Gasteiger partial charge in [-0.05, 0) is 84.1 Å². The highest BCUT2D eigenvalue weighted by molar-refractivity contribution is 6.07. The molecule has 0 bridgehead atoms. The lowest BCUT2D eigenvalue weighted by Gasteiger charge is -2.37. The minimum Gasteiger partial charge on any atom is -0.338 e. The Morgan fingerprint density at radius 2 is 1.54 bits per heavy atom. The fourth-order valence-corrected chi connectivity index (χ4v) is 7.45. The van der Waals surface area contributed by atoms with Gasteiger partial charge in [-0.25, -0.2) is 4.39 Å². The third-order valence-corrected chi connectivity index (χ3v) is 9.48. The van der Waals surface area contributed by atoms with Crippen LogP contribution in [0.25, 0.3) is 10.8 Å². The fourth-order valence-electron chi connectivity index (χ4n) is 7.45. The Morgan fingerprint density at radius 3 is 2.32 bits per heavy atom. The third-order valence-electron chi connectivity index (χ3n) is 9.48. The molecule has 0 spiro atoms. The second kappa shape index (κ2) is 10.9. The van der Waals surface area contributed by atoms with Gasteiger partial charge in [0.05, 0.1) is 0 Å². The van der Waals surface area contributed by atoms with Gasteiger partial charge in [-0.15, -0.1) is 0 Å². The van der Waals surface area contributed by atoms with Gasteiger partial charge in [0.25, 0.3) is 5.91 Å². The van der Waals surface area contributed by atoms with Gasteiger partial charge in [0, 0.05) is 25.2 Å². The Labute approximate surface area is 220 Å². The van der Waals surface area contributed by atoms with Gasteiger partial charge in [-0.2, -0.15) is 0 Å². The third kappa shape index (κ3) is 5.31. The van der Waals surface area contributed by atoms with E-state index in [4.69, 9.17) is 0 Å². The molecule has 2 aliphatic heterocycles. The molecule has 3 nitrogen and oxygen atoms in total. The zero-order valence-electron chi connectivity index (χ0n) is 21.8. The fraction of sp³-hybridized carbons (Fsp3) is 0.485. The molecule has 3 fully saturated rings. The number of hydrogen-bond acceptors (Lipinski definition) is 2. The number of fused-ring (bicyclic) bond motifs is 1. The van der Waals surface area contributed by atoms with Crippen LogP contribution in [0.4, 0.5) is 4.39 Å². The minimum atomic E-state index is -0.154. The molecule has 37 heavy (non-hydrogen) atoms. The monoisotopic (exact) mass is 498 g/mol. The summed E-state index contributed by atoms with van der Waals surface area (Å²) in [6, 6.07) is 21.5. The maximum absolute atomic E-state index is 13.8. The molecule has 3 aromatic carbocycles. The summed E-state index contributed by atoms with van der Waals surface area (Å²) in [6.07, 6.45) is 8.95. The molecule has 3 aromatic rings. The number of halogens is 1. The summed E-state index contributed by atoms with van der Waals surface area (Å²) in [7, 11) is 0. The summed E-state index contributed by atoms with van der Waals surface area (Å²) in [6.45, 7) is 5.06. The zero-order chi connectivity index (χ0) is 25.2. The molecule has 3 aliphatic rings. The average molecular weight is 499 g/mol. The highest BCUT2D eigenvalue weighted by Gasteiger charge is 2.41. The molecular weight excluding hydrogens is 459 g/mol. The Bertz CT molecular complexity index is 1210. The molecule has 0 aromatic heterocycles. The van der Waals surface area contributed by atoms with Crippen molar-refractivity contribution < 1.29 is 9.18 Å². The van der Waals surface area contributed by atoms with Crippen LogP contribution in [0.3, 0.4) is 0 Å². The van der Waals surface area contributed by atoms with Crippen LogP contribution in [0.1, 0.15) is 66.8 Å². The predicted octanol–water partition coefficient (Wildman–Crippen LogP) is 7.13. The first-order valence-corrected chi connectivity index (χ1v) is 14.4. The lowest BCUT2D eigenvalue weighted by molar-refractivity contribution is 0.0779. The summed E-state index contributed by atoms with van der Waals surface area (Å²) in [5.74, 6) is 2.48.